The van der Waals surface area contributed by atoms with E-state index < -0.39 is 0 Å². The van der Waals surface area contributed by atoms with E-state index in [-0.39, 0.29) is 0 Å². The Kier molecular flexibility index (Phi) is 11.9. The van der Waals surface area contributed by atoms with Gasteiger partial charge in [0, 0.05) is 6.42 Å². The zero-order valence-corrected chi connectivity index (χ0v) is 12.3. The Morgan fingerprint density at radius 3 is 1.82 bits per heavy atom. The smallest absolute Gasteiger partial charge is 0.129 e. The number of rotatable bonds is 12. The van der Waals surface area contributed by atoms with E-state index in [1.54, 1.807) is 6.92 Å². The number of hydrogen-bond donors (Lipinski definition) is 0. The molecular weight excluding hydrogens is 208 g/mol. The third-order valence-electron chi connectivity index (χ3n) is 3.67. The molecule has 1 heteroatoms. The predicted molar refractivity (Wildman–Crippen MR) is 76.3 cm³/mol. The Hall–Kier alpha value is -0.330. The van der Waals surface area contributed by atoms with Gasteiger partial charge in [0.2, 0.25) is 0 Å². The molecule has 0 amide bonds. The van der Waals surface area contributed by atoms with E-state index in [1.807, 2.05) is 0 Å². The van der Waals surface area contributed by atoms with Crippen LogP contribution in [-0.2, 0) is 4.79 Å². The summed E-state index contributed by atoms with van der Waals surface area (Å²) in [6.07, 6.45) is 14.2. The third-order valence-corrected chi connectivity index (χ3v) is 3.67. The van der Waals surface area contributed by atoms with Crippen LogP contribution in [0.4, 0.5) is 0 Å². The molecule has 0 aliphatic rings. The molecule has 102 valence electrons. The summed E-state index contributed by atoms with van der Waals surface area (Å²) in [5, 5.41) is 0. The molecule has 0 aromatic heterocycles. The molecular formula is C16H32O. The monoisotopic (exact) mass is 240 g/mol. The number of ketones is 1. The minimum atomic E-state index is 0.343. The number of unbranched alkanes of at least 4 members (excludes halogenated alkanes) is 7. The highest BCUT2D eigenvalue weighted by Gasteiger charge is 1.98. The molecule has 0 spiro atoms. The first-order valence-electron chi connectivity index (χ1n) is 7.66. The predicted octanol–water partition coefficient (Wildman–Crippen LogP) is 5.52. The molecule has 0 fully saturated rings. The maximum Gasteiger partial charge on any atom is 0.129 e. The number of Topliss-reactive ketones (excluding diaryl/α,β-unsaturated/α-hetero) is 1. The zero-order valence-electron chi connectivity index (χ0n) is 12.3. The van der Waals surface area contributed by atoms with Crippen LogP contribution in [0.2, 0.25) is 0 Å². The van der Waals surface area contributed by atoms with E-state index >= 15 is 0 Å². The molecule has 0 aromatic carbocycles. The maximum atomic E-state index is 10.7. The average Bonchev–Trinajstić information content (AvgIpc) is 2.30. The van der Waals surface area contributed by atoms with Gasteiger partial charge in [0.1, 0.15) is 5.78 Å². The highest BCUT2D eigenvalue weighted by molar-refractivity contribution is 5.75. The molecule has 0 aliphatic carbocycles. The van der Waals surface area contributed by atoms with Gasteiger partial charge in [-0.05, 0) is 19.3 Å². The average molecular weight is 240 g/mol. The first-order valence-corrected chi connectivity index (χ1v) is 7.66. The lowest BCUT2D eigenvalue weighted by molar-refractivity contribution is -0.117. The van der Waals surface area contributed by atoms with Gasteiger partial charge in [0.25, 0.3) is 0 Å². The lowest BCUT2D eigenvalue weighted by Crippen LogP contribution is -1.91. The third kappa shape index (κ3) is 13.6. The van der Waals surface area contributed by atoms with Crippen molar-refractivity contribution in [2.45, 2.75) is 91.4 Å². The Labute approximate surface area is 108 Å². The molecule has 0 heterocycles. The van der Waals surface area contributed by atoms with Crippen molar-refractivity contribution in [3.05, 3.63) is 0 Å². The summed E-state index contributed by atoms with van der Waals surface area (Å²) in [6.45, 7) is 6.33. The highest BCUT2D eigenvalue weighted by atomic mass is 16.1. The van der Waals surface area contributed by atoms with Gasteiger partial charge < -0.3 is 4.79 Å². The second kappa shape index (κ2) is 12.1. The standard InChI is InChI=1S/C16H32O/c1-4-15(2)13-11-9-7-5-6-8-10-12-14-16(3)17/h15H,4-14H2,1-3H3. The Balaban J connectivity index is 3.01. The van der Waals surface area contributed by atoms with Crippen molar-refractivity contribution in [2.24, 2.45) is 5.92 Å². The van der Waals surface area contributed by atoms with Gasteiger partial charge in [-0.15, -0.1) is 0 Å². The van der Waals surface area contributed by atoms with Crippen LogP contribution >= 0.6 is 0 Å². The van der Waals surface area contributed by atoms with Gasteiger partial charge in [0.15, 0.2) is 0 Å². The maximum absolute atomic E-state index is 10.7. The lowest BCUT2D eigenvalue weighted by atomic mass is 9.99. The topological polar surface area (TPSA) is 17.1 Å². The first-order chi connectivity index (χ1) is 8.16. The largest absolute Gasteiger partial charge is 0.300 e. The van der Waals surface area contributed by atoms with E-state index in [0.717, 1.165) is 18.8 Å². The van der Waals surface area contributed by atoms with Gasteiger partial charge in [0.05, 0.1) is 0 Å². The summed E-state index contributed by atoms with van der Waals surface area (Å²) < 4.78 is 0. The molecule has 1 nitrogen and oxygen atoms in total. The number of carbonyl (C=O) groups is 1. The van der Waals surface area contributed by atoms with Crippen LogP contribution < -0.4 is 0 Å². The first kappa shape index (κ1) is 16.7. The molecule has 0 saturated heterocycles. The van der Waals surface area contributed by atoms with Gasteiger partial charge in [-0.1, -0.05) is 71.6 Å². The molecule has 0 N–H and O–H groups in total. The van der Waals surface area contributed by atoms with Crippen molar-refractivity contribution >= 4 is 5.78 Å². The molecule has 0 saturated carbocycles. The molecule has 0 aromatic rings. The molecule has 1 unspecified atom stereocenters. The lowest BCUT2D eigenvalue weighted by Gasteiger charge is -2.07. The van der Waals surface area contributed by atoms with Gasteiger partial charge in [-0.25, -0.2) is 0 Å². The summed E-state index contributed by atoms with van der Waals surface area (Å²) in [7, 11) is 0. The molecule has 17 heavy (non-hydrogen) atoms. The van der Waals surface area contributed by atoms with Gasteiger partial charge in [-0.3, -0.25) is 0 Å². The summed E-state index contributed by atoms with van der Waals surface area (Å²) in [5.41, 5.74) is 0. The summed E-state index contributed by atoms with van der Waals surface area (Å²) in [5.74, 6) is 1.26. The number of carbonyl (C=O) groups excluding carboxylic acids is 1. The van der Waals surface area contributed by atoms with Gasteiger partial charge >= 0.3 is 0 Å². The summed E-state index contributed by atoms with van der Waals surface area (Å²) in [6, 6.07) is 0. The normalized spacial score (nSPS) is 12.6. The minimum Gasteiger partial charge on any atom is -0.300 e. The molecule has 0 aliphatic heterocycles. The Morgan fingerprint density at radius 2 is 1.35 bits per heavy atom. The number of hydrogen-bond acceptors (Lipinski definition) is 1. The van der Waals surface area contributed by atoms with Crippen LogP contribution in [0.25, 0.3) is 0 Å². The Bertz CT molecular complexity index is 174. The van der Waals surface area contributed by atoms with Crippen molar-refractivity contribution in [1.82, 2.24) is 0 Å². The van der Waals surface area contributed by atoms with Crippen LogP contribution in [-0.4, -0.2) is 5.78 Å². The van der Waals surface area contributed by atoms with Crippen molar-refractivity contribution < 1.29 is 4.79 Å². The van der Waals surface area contributed by atoms with E-state index in [4.69, 9.17) is 0 Å². The van der Waals surface area contributed by atoms with Crippen molar-refractivity contribution in [3.63, 3.8) is 0 Å². The van der Waals surface area contributed by atoms with Crippen molar-refractivity contribution in [1.29, 1.82) is 0 Å². The molecule has 0 rings (SSSR count). The Morgan fingerprint density at radius 1 is 0.882 bits per heavy atom. The fraction of sp³-hybridized carbons (Fsp3) is 0.938. The quantitative estimate of drug-likeness (QED) is 0.410. The van der Waals surface area contributed by atoms with Gasteiger partial charge in [-0.2, -0.15) is 0 Å². The molecule has 0 radical (unpaired) electrons. The fourth-order valence-corrected chi connectivity index (χ4v) is 2.13. The van der Waals surface area contributed by atoms with Crippen molar-refractivity contribution in [3.8, 4) is 0 Å². The van der Waals surface area contributed by atoms with Crippen molar-refractivity contribution in [2.75, 3.05) is 0 Å². The minimum absolute atomic E-state index is 0.343. The highest BCUT2D eigenvalue weighted by Crippen LogP contribution is 2.14. The van der Waals surface area contributed by atoms with E-state index in [0.29, 0.717) is 5.78 Å². The zero-order chi connectivity index (χ0) is 12.9. The molecule has 0 bridgehead atoms. The van der Waals surface area contributed by atoms with Crippen LogP contribution in [0.1, 0.15) is 91.4 Å². The van der Waals surface area contributed by atoms with E-state index in [1.165, 1.54) is 57.8 Å². The van der Waals surface area contributed by atoms with E-state index in [9.17, 15) is 4.79 Å². The second-order valence-electron chi connectivity index (χ2n) is 5.58. The summed E-state index contributed by atoms with van der Waals surface area (Å²) in [4.78, 5) is 10.7. The summed E-state index contributed by atoms with van der Waals surface area (Å²) >= 11 is 0. The molecule has 1 atom stereocenters. The van der Waals surface area contributed by atoms with Crippen LogP contribution in [0.15, 0.2) is 0 Å². The van der Waals surface area contributed by atoms with Crippen LogP contribution in [0, 0.1) is 5.92 Å². The second-order valence-corrected chi connectivity index (χ2v) is 5.58. The fourth-order valence-electron chi connectivity index (χ4n) is 2.13. The van der Waals surface area contributed by atoms with Crippen LogP contribution in [0.5, 0.6) is 0 Å². The van der Waals surface area contributed by atoms with Crippen LogP contribution in [0.3, 0.4) is 0 Å². The van der Waals surface area contributed by atoms with E-state index in [2.05, 4.69) is 13.8 Å². The SMILES string of the molecule is CCC(C)CCCCCCCCCCC(C)=O.